The average molecular weight is 310 g/mol. The maximum atomic E-state index is 11.6. The molecule has 0 saturated carbocycles. The third-order valence-electron chi connectivity index (χ3n) is 3.01. The normalized spacial score (nSPS) is 13.0. The molecule has 118 valence electrons. The number of para-hydroxylation sites is 1. The first kappa shape index (κ1) is 17.6. The Morgan fingerprint density at radius 3 is 2.50 bits per heavy atom. The van der Waals surface area contributed by atoms with Gasteiger partial charge in [0.05, 0.1) is 5.94 Å². The van der Waals surface area contributed by atoms with Gasteiger partial charge in [-0.1, -0.05) is 17.3 Å². The molecule has 0 aromatic heterocycles. The highest BCUT2D eigenvalue weighted by molar-refractivity contribution is 6.43. The summed E-state index contributed by atoms with van der Waals surface area (Å²) in [6, 6.07) is 2.71. The fraction of sp³-hybridized carbons (Fsp3) is 0.333. The summed E-state index contributed by atoms with van der Waals surface area (Å²) in [6.07, 6.45) is -0.248. The van der Waals surface area contributed by atoms with Gasteiger partial charge in [-0.15, -0.1) is 4.91 Å². The van der Waals surface area contributed by atoms with Crippen LogP contribution in [0.4, 0.5) is 0 Å². The first-order valence-corrected chi connectivity index (χ1v) is 6.31. The molecule has 2 unspecified atom stereocenters. The van der Waals surface area contributed by atoms with Crippen LogP contribution in [-0.2, 0) is 11.2 Å². The molecule has 0 bridgehead atoms. The summed E-state index contributed by atoms with van der Waals surface area (Å²) in [5.74, 6) is -3.94. The molecule has 5 N–H and O–H groups in total. The van der Waals surface area contributed by atoms with E-state index < -0.39 is 36.7 Å². The number of hydrogen-bond donors (Lipinski definition) is 5. The molecule has 1 amide bonds. The topological polar surface area (TPSA) is 157 Å². The van der Waals surface area contributed by atoms with Gasteiger partial charge in [-0.2, -0.15) is 0 Å². The molecule has 10 heteroatoms. The van der Waals surface area contributed by atoms with E-state index in [1.54, 1.807) is 0 Å². The zero-order valence-electron chi connectivity index (χ0n) is 11.6. The van der Waals surface area contributed by atoms with Crippen LogP contribution in [0.5, 0.6) is 5.75 Å². The minimum absolute atomic E-state index is 0.102. The molecule has 2 atom stereocenters. The van der Waals surface area contributed by atoms with Gasteiger partial charge in [0.25, 0.3) is 0 Å². The van der Waals surface area contributed by atoms with E-state index in [0.717, 1.165) is 0 Å². The predicted octanol–water partition coefficient (Wildman–Crippen LogP) is -0.715. The standard InChI is InChI=1S/C12H15BN2O7/c1-6(15-22)11(17)14-9(13(20)21)5-7-3-2-4-8(10(7)16)12(18)19/h2-4,6,9,16,20-21H,5H2,1H3,(H,14,17)(H,18,19). The van der Waals surface area contributed by atoms with Gasteiger partial charge >= 0.3 is 13.1 Å². The number of aromatic carboxylic acids is 1. The molecule has 0 heterocycles. The van der Waals surface area contributed by atoms with Gasteiger partial charge in [0.2, 0.25) is 5.91 Å². The number of carbonyl (C=O) groups excluding carboxylic acids is 1. The number of amides is 1. The number of nitrogens with one attached hydrogen (secondary N) is 1. The van der Waals surface area contributed by atoms with Crippen molar-refractivity contribution >= 4 is 19.0 Å². The lowest BCUT2D eigenvalue weighted by Gasteiger charge is -2.19. The molecular weight excluding hydrogens is 295 g/mol. The maximum Gasteiger partial charge on any atom is 0.475 e. The van der Waals surface area contributed by atoms with E-state index in [4.69, 9.17) is 5.11 Å². The summed E-state index contributed by atoms with van der Waals surface area (Å²) in [4.78, 5) is 32.8. The van der Waals surface area contributed by atoms with Crippen molar-refractivity contribution in [3.8, 4) is 5.75 Å². The Kier molecular flexibility index (Phi) is 6.02. The van der Waals surface area contributed by atoms with E-state index in [0.29, 0.717) is 0 Å². The molecular formula is C12H15BN2O7. The molecule has 1 aromatic carbocycles. The van der Waals surface area contributed by atoms with Crippen molar-refractivity contribution in [3.05, 3.63) is 34.2 Å². The summed E-state index contributed by atoms with van der Waals surface area (Å²) < 4.78 is 0. The Labute approximate surface area is 125 Å². The number of rotatable bonds is 7. The lowest BCUT2D eigenvalue weighted by atomic mass is 9.75. The van der Waals surface area contributed by atoms with E-state index in [1.807, 2.05) is 0 Å². The third-order valence-corrected chi connectivity index (χ3v) is 3.01. The summed E-state index contributed by atoms with van der Waals surface area (Å²) in [5.41, 5.74) is -0.247. The van der Waals surface area contributed by atoms with Gasteiger partial charge in [-0.05, 0) is 25.0 Å². The van der Waals surface area contributed by atoms with Crippen LogP contribution in [0.1, 0.15) is 22.8 Å². The van der Waals surface area contributed by atoms with E-state index in [2.05, 4.69) is 10.5 Å². The van der Waals surface area contributed by atoms with Crippen molar-refractivity contribution in [3.63, 3.8) is 0 Å². The first-order valence-electron chi connectivity index (χ1n) is 6.31. The summed E-state index contributed by atoms with van der Waals surface area (Å²) in [5, 5.41) is 42.0. The van der Waals surface area contributed by atoms with Gasteiger partial charge in [-0.3, -0.25) is 4.79 Å². The number of carbonyl (C=O) groups is 2. The van der Waals surface area contributed by atoms with Crippen molar-refractivity contribution in [2.75, 3.05) is 0 Å². The average Bonchev–Trinajstić information content (AvgIpc) is 2.46. The third kappa shape index (κ3) is 4.27. The van der Waals surface area contributed by atoms with Gasteiger partial charge in [0.15, 0.2) is 6.04 Å². The molecule has 0 fully saturated rings. The van der Waals surface area contributed by atoms with Crippen molar-refractivity contribution in [1.82, 2.24) is 5.32 Å². The number of hydrogen-bond acceptors (Lipinski definition) is 7. The molecule has 0 aliphatic heterocycles. The Morgan fingerprint density at radius 2 is 2.00 bits per heavy atom. The van der Waals surface area contributed by atoms with Crippen LogP contribution in [0.25, 0.3) is 0 Å². The number of nitroso groups, excluding NO2 is 1. The Hall–Kier alpha value is -2.46. The van der Waals surface area contributed by atoms with Gasteiger partial charge < -0.3 is 25.6 Å². The van der Waals surface area contributed by atoms with E-state index in [9.17, 15) is 29.7 Å². The minimum Gasteiger partial charge on any atom is -0.507 e. The van der Waals surface area contributed by atoms with Crippen LogP contribution in [0.15, 0.2) is 23.4 Å². The monoisotopic (exact) mass is 310 g/mol. The van der Waals surface area contributed by atoms with Crippen molar-refractivity contribution in [2.45, 2.75) is 25.3 Å². The summed E-state index contributed by atoms with van der Waals surface area (Å²) >= 11 is 0. The second-order valence-corrected chi connectivity index (χ2v) is 4.63. The molecule has 22 heavy (non-hydrogen) atoms. The first-order chi connectivity index (χ1) is 10.3. The van der Waals surface area contributed by atoms with Crippen molar-refractivity contribution in [2.24, 2.45) is 5.18 Å². The van der Waals surface area contributed by atoms with Gasteiger partial charge in [-0.25, -0.2) is 4.79 Å². The van der Waals surface area contributed by atoms with Gasteiger partial charge in [0, 0.05) is 0 Å². The molecule has 0 radical (unpaired) electrons. The van der Waals surface area contributed by atoms with E-state index in [1.165, 1.54) is 25.1 Å². The van der Waals surface area contributed by atoms with E-state index >= 15 is 0 Å². The van der Waals surface area contributed by atoms with Gasteiger partial charge in [0.1, 0.15) is 11.3 Å². The highest BCUT2D eigenvalue weighted by atomic mass is 16.4. The maximum absolute atomic E-state index is 11.6. The van der Waals surface area contributed by atoms with Crippen LogP contribution >= 0.6 is 0 Å². The van der Waals surface area contributed by atoms with E-state index in [-0.39, 0.29) is 17.5 Å². The fourth-order valence-corrected chi connectivity index (χ4v) is 1.75. The second-order valence-electron chi connectivity index (χ2n) is 4.63. The molecule has 1 rings (SSSR count). The summed E-state index contributed by atoms with van der Waals surface area (Å²) in [6.45, 7) is 1.23. The zero-order valence-corrected chi connectivity index (χ0v) is 11.6. The molecule has 0 spiro atoms. The molecule has 0 aliphatic carbocycles. The molecule has 0 aliphatic rings. The Balaban J connectivity index is 2.97. The lowest BCUT2D eigenvalue weighted by Crippen LogP contribution is -2.50. The van der Waals surface area contributed by atoms with Crippen LogP contribution in [0.2, 0.25) is 0 Å². The molecule has 9 nitrogen and oxygen atoms in total. The fourth-order valence-electron chi connectivity index (χ4n) is 1.75. The van der Waals surface area contributed by atoms with Crippen LogP contribution in [0.3, 0.4) is 0 Å². The van der Waals surface area contributed by atoms with Crippen LogP contribution in [0, 0.1) is 4.91 Å². The van der Waals surface area contributed by atoms with Crippen molar-refractivity contribution < 1.29 is 29.9 Å². The molecule has 0 saturated heterocycles. The largest absolute Gasteiger partial charge is 0.507 e. The predicted molar refractivity (Wildman–Crippen MR) is 76.1 cm³/mol. The minimum atomic E-state index is -1.98. The number of phenols is 1. The quantitative estimate of drug-likeness (QED) is 0.328. The van der Waals surface area contributed by atoms with Crippen LogP contribution in [-0.4, -0.2) is 51.2 Å². The smallest absolute Gasteiger partial charge is 0.475 e. The number of benzene rings is 1. The number of carboxylic acid groups (broad SMARTS) is 1. The SMILES string of the molecule is CC(N=O)C(=O)NC(Cc1cccc(C(=O)O)c1O)B(O)O. The Morgan fingerprint density at radius 1 is 1.36 bits per heavy atom. The second kappa shape index (κ2) is 7.52. The zero-order chi connectivity index (χ0) is 16.9. The highest BCUT2D eigenvalue weighted by Crippen LogP contribution is 2.24. The highest BCUT2D eigenvalue weighted by Gasteiger charge is 2.29. The van der Waals surface area contributed by atoms with Crippen molar-refractivity contribution in [1.29, 1.82) is 0 Å². The Bertz CT molecular complexity index is 579. The number of nitrogens with zero attached hydrogens (tertiary/aromatic N) is 1. The number of aromatic hydroxyl groups is 1. The number of carboxylic acids is 1. The van der Waals surface area contributed by atoms with Crippen LogP contribution < -0.4 is 5.32 Å². The summed E-state index contributed by atoms with van der Waals surface area (Å²) in [7, 11) is -1.98. The lowest BCUT2D eigenvalue weighted by molar-refractivity contribution is -0.122. The molecule has 1 aromatic rings.